The van der Waals surface area contributed by atoms with Gasteiger partial charge in [0, 0.05) is 17.1 Å². The summed E-state index contributed by atoms with van der Waals surface area (Å²) in [4.78, 5) is 4.78. The number of hydrogen-bond acceptors (Lipinski definition) is 1. The normalized spacial score (nSPS) is 35.8. The number of hydrogen-bond donors (Lipinski definition) is 0. The predicted octanol–water partition coefficient (Wildman–Crippen LogP) is 6.29. The third-order valence-electron chi connectivity index (χ3n) is 8.48. The molecule has 5 atom stereocenters. The first-order chi connectivity index (χ1) is 12.8. The first-order valence-electron chi connectivity index (χ1n) is 10.3. The van der Waals surface area contributed by atoms with E-state index < -0.39 is 0 Å². The van der Waals surface area contributed by atoms with E-state index >= 15 is 0 Å². The summed E-state index contributed by atoms with van der Waals surface area (Å²) < 4.78 is 0. The fourth-order valence-electron chi connectivity index (χ4n) is 7.43. The monoisotopic (exact) mass is 337 g/mol. The highest BCUT2D eigenvalue weighted by atomic mass is 14.7. The molecule has 2 aromatic carbocycles. The van der Waals surface area contributed by atoms with E-state index in [4.69, 9.17) is 4.98 Å². The van der Waals surface area contributed by atoms with Crippen LogP contribution in [0.1, 0.15) is 55.1 Å². The van der Waals surface area contributed by atoms with E-state index in [9.17, 15) is 0 Å². The molecule has 7 rings (SSSR count). The molecule has 0 aliphatic heterocycles. The van der Waals surface area contributed by atoms with E-state index in [0.29, 0.717) is 0 Å². The minimum Gasteiger partial charge on any atom is -0.256 e. The van der Waals surface area contributed by atoms with E-state index in [0.717, 1.165) is 34.8 Å². The van der Waals surface area contributed by atoms with Crippen LogP contribution in [0.2, 0.25) is 0 Å². The van der Waals surface area contributed by atoms with Gasteiger partial charge in [-0.3, -0.25) is 4.98 Å². The van der Waals surface area contributed by atoms with Crippen molar-refractivity contribution in [1.82, 2.24) is 4.98 Å². The molecule has 128 valence electrons. The van der Waals surface area contributed by atoms with Gasteiger partial charge in [0.1, 0.15) is 0 Å². The van der Waals surface area contributed by atoms with E-state index in [1.54, 1.807) is 11.1 Å². The van der Waals surface area contributed by atoms with Crippen LogP contribution in [-0.2, 0) is 0 Å². The lowest BCUT2D eigenvalue weighted by atomic mass is 9.56. The van der Waals surface area contributed by atoms with Gasteiger partial charge in [-0.1, -0.05) is 36.4 Å². The highest BCUT2D eigenvalue weighted by Gasteiger charge is 2.65. The van der Waals surface area contributed by atoms with Crippen LogP contribution >= 0.6 is 0 Å². The molecular weight excluding hydrogens is 314 g/mol. The first-order valence-corrected chi connectivity index (χ1v) is 10.3. The summed E-state index contributed by atoms with van der Waals surface area (Å²) in [6, 6.07) is 18.0. The van der Waals surface area contributed by atoms with Crippen molar-refractivity contribution < 1.29 is 0 Å². The molecule has 1 nitrogen and oxygen atoms in total. The zero-order valence-electron chi connectivity index (χ0n) is 15.0. The minimum atomic E-state index is 0.737. The zero-order chi connectivity index (χ0) is 16.9. The molecule has 5 unspecified atom stereocenters. The Morgan fingerprint density at radius 3 is 2.31 bits per heavy atom. The van der Waals surface area contributed by atoms with Crippen LogP contribution in [0, 0.1) is 17.3 Å². The van der Waals surface area contributed by atoms with Gasteiger partial charge in [0.05, 0.1) is 5.69 Å². The molecule has 0 saturated heterocycles. The Bertz CT molecular complexity index is 1050. The van der Waals surface area contributed by atoms with Gasteiger partial charge in [-0.25, -0.2) is 0 Å². The van der Waals surface area contributed by atoms with E-state index in [1.807, 2.05) is 6.20 Å². The van der Waals surface area contributed by atoms with E-state index in [1.165, 1.54) is 48.4 Å². The topological polar surface area (TPSA) is 12.9 Å². The number of aromatic nitrogens is 1. The highest BCUT2D eigenvalue weighted by molar-refractivity contribution is 5.95. The number of benzene rings is 2. The molecule has 0 amide bonds. The number of rotatable bonds is 1. The fourth-order valence-corrected chi connectivity index (χ4v) is 7.43. The Morgan fingerprint density at radius 2 is 1.54 bits per heavy atom. The van der Waals surface area contributed by atoms with Crippen molar-refractivity contribution in [3.05, 3.63) is 65.9 Å². The average molecular weight is 337 g/mol. The Balaban J connectivity index is 1.49. The Morgan fingerprint density at radius 1 is 0.808 bits per heavy atom. The molecule has 3 aromatic rings. The lowest BCUT2D eigenvalue weighted by Crippen LogP contribution is -2.41. The van der Waals surface area contributed by atoms with Gasteiger partial charge in [0.2, 0.25) is 0 Å². The molecule has 1 heterocycles. The Hall–Kier alpha value is -2.15. The minimum absolute atomic E-state index is 0.737. The summed E-state index contributed by atoms with van der Waals surface area (Å²) in [5.74, 6) is 3.71. The van der Waals surface area contributed by atoms with Gasteiger partial charge < -0.3 is 0 Å². The lowest BCUT2D eigenvalue weighted by molar-refractivity contribution is 0.00322. The molecule has 1 heteroatoms. The molecule has 0 N–H and O–H groups in total. The van der Waals surface area contributed by atoms with Crippen molar-refractivity contribution in [3.63, 3.8) is 0 Å². The summed E-state index contributed by atoms with van der Waals surface area (Å²) in [7, 11) is 0. The second kappa shape index (κ2) is 4.57. The lowest BCUT2D eigenvalue weighted by Gasteiger charge is -2.48. The zero-order valence-corrected chi connectivity index (χ0v) is 15.0. The van der Waals surface area contributed by atoms with Gasteiger partial charge in [-0.15, -0.1) is 0 Å². The molecule has 3 fully saturated rings. The van der Waals surface area contributed by atoms with Gasteiger partial charge >= 0.3 is 0 Å². The largest absolute Gasteiger partial charge is 0.256 e. The molecule has 0 radical (unpaired) electrons. The van der Waals surface area contributed by atoms with Crippen molar-refractivity contribution in [2.24, 2.45) is 17.3 Å². The van der Waals surface area contributed by atoms with Crippen LogP contribution in [0.5, 0.6) is 0 Å². The molecule has 4 aliphatic carbocycles. The van der Waals surface area contributed by atoms with Crippen molar-refractivity contribution in [3.8, 4) is 11.3 Å². The number of fused-ring (bicyclic) bond motifs is 6. The van der Waals surface area contributed by atoms with Crippen molar-refractivity contribution >= 4 is 10.8 Å². The second-order valence-corrected chi connectivity index (χ2v) is 9.36. The predicted molar refractivity (Wildman–Crippen MR) is 105 cm³/mol. The van der Waals surface area contributed by atoms with Crippen LogP contribution in [-0.4, -0.2) is 4.98 Å². The van der Waals surface area contributed by atoms with Crippen LogP contribution in [0.3, 0.4) is 0 Å². The second-order valence-electron chi connectivity index (χ2n) is 9.36. The van der Waals surface area contributed by atoms with Gasteiger partial charge in [-0.05, 0) is 89.8 Å². The molecule has 1 spiro atoms. The van der Waals surface area contributed by atoms with Crippen LogP contribution in [0.25, 0.3) is 22.0 Å². The molecule has 4 aliphatic rings. The average Bonchev–Trinajstić information content (AvgIpc) is 3.10. The first kappa shape index (κ1) is 14.0. The summed E-state index contributed by atoms with van der Waals surface area (Å²) in [6.45, 7) is 0. The highest BCUT2D eigenvalue weighted by Crippen LogP contribution is 2.76. The van der Waals surface area contributed by atoms with E-state index in [2.05, 4.69) is 48.5 Å². The Labute approximate surface area is 154 Å². The van der Waals surface area contributed by atoms with E-state index in [-0.39, 0.29) is 0 Å². The van der Waals surface area contributed by atoms with Gasteiger partial charge in [0.25, 0.3) is 0 Å². The van der Waals surface area contributed by atoms with Crippen LogP contribution in [0.4, 0.5) is 0 Å². The maximum absolute atomic E-state index is 4.78. The summed E-state index contributed by atoms with van der Waals surface area (Å²) >= 11 is 0. The maximum atomic E-state index is 4.78. The molecular formula is C25H23N. The van der Waals surface area contributed by atoms with Crippen molar-refractivity contribution in [2.75, 3.05) is 0 Å². The van der Waals surface area contributed by atoms with Crippen LogP contribution in [0.15, 0.2) is 54.7 Å². The molecule has 26 heavy (non-hydrogen) atoms. The summed E-state index contributed by atoms with van der Waals surface area (Å²) in [5, 5.41) is 2.73. The standard InChI is InChI=1S/C25H23N/c1-2-4-15(5-3-1)24-23-12-22-18-9-20-11-19-8-17(13-25(19,20)14-18)21(22)10-16(23)6-7-26-24/h1-7,10,12,17-20H,8-9,11,13-14H2. The molecule has 1 aromatic heterocycles. The van der Waals surface area contributed by atoms with Crippen molar-refractivity contribution in [1.29, 1.82) is 0 Å². The smallest absolute Gasteiger partial charge is 0.0780 e. The summed E-state index contributed by atoms with van der Waals surface area (Å²) in [6.07, 6.45) is 9.37. The number of nitrogens with zero attached hydrogens (tertiary/aromatic N) is 1. The van der Waals surface area contributed by atoms with Gasteiger partial charge in [-0.2, -0.15) is 0 Å². The fraction of sp³-hybridized carbons (Fsp3) is 0.400. The third kappa shape index (κ3) is 1.57. The Kier molecular flexibility index (Phi) is 2.46. The molecule has 3 saturated carbocycles. The molecule has 3 bridgehead atoms. The van der Waals surface area contributed by atoms with Crippen LogP contribution < -0.4 is 0 Å². The van der Waals surface area contributed by atoms with Crippen molar-refractivity contribution in [2.45, 2.75) is 43.9 Å². The SMILES string of the molecule is c1ccc(-c2nccc3cc4c(cc23)C2CC3CC5CC4CC53C2)cc1. The number of pyridine rings is 1. The quantitative estimate of drug-likeness (QED) is 0.508. The summed E-state index contributed by atoms with van der Waals surface area (Å²) in [5.41, 5.74) is 6.49. The third-order valence-corrected chi connectivity index (χ3v) is 8.48. The van der Waals surface area contributed by atoms with Gasteiger partial charge in [0.15, 0.2) is 0 Å². The maximum Gasteiger partial charge on any atom is 0.0780 e.